The van der Waals surface area contributed by atoms with Crippen LogP contribution in [0.1, 0.15) is 13.8 Å². The molecule has 6 heteroatoms. The first kappa shape index (κ1) is 14.6. The lowest BCUT2D eigenvalue weighted by atomic mass is 10.0. The first-order valence-electron chi connectivity index (χ1n) is 6.91. The van der Waals surface area contributed by atoms with Crippen LogP contribution >= 0.6 is 0 Å². The van der Waals surface area contributed by atoms with Gasteiger partial charge in [-0.2, -0.15) is 9.19 Å². The van der Waals surface area contributed by atoms with E-state index in [0.717, 1.165) is 20.4 Å². The maximum atomic E-state index is 12.2. The molecule has 5 nitrogen and oxygen atoms in total. The molecule has 1 heterocycles. The van der Waals surface area contributed by atoms with Gasteiger partial charge >= 0.3 is 0 Å². The molecule has 0 radical (unpaired) electrons. The van der Waals surface area contributed by atoms with Gasteiger partial charge in [-0.15, -0.1) is 0 Å². The summed E-state index contributed by atoms with van der Waals surface area (Å²) in [7, 11) is -3.48. The second kappa shape index (κ2) is 5.14. The van der Waals surface area contributed by atoms with E-state index < -0.39 is 15.3 Å². The number of hydrogen-bond acceptors (Lipinski definition) is 4. The third kappa shape index (κ3) is 2.35. The summed E-state index contributed by atoms with van der Waals surface area (Å²) in [5.41, 5.74) is 1.40. The van der Waals surface area contributed by atoms with Gasteiger partial charge in [-0.1, -0.05) is 24.3 Å². The van der Waals surface area contributed by atoms with Gasteiger partial charge in [0.25, 0.3) is 10.0 Å². The van der Waals surface area contributed by atoms with Gasteiger partial charge in [0.05, 0.1) is 17.6 Å². The smallest absolute Gasteiger partial charge is 0.256 e. The van der Waals surface area contributed by atoms with E-state index in [0.29, 0.717) is 5.56 Å². The minimum Gasteiger partial charge on any atom is -0.508 e. The molecule has 2 aromatic carbocycles. The molecule has 0 unspecified atom stereocenters. The number of nitrogens with zero attached hydrogens (tertiary/aromatic N) is 2. The SMILES string of the molecule is CC(C)S(=O)(=O)n1cc(-c2cc(O)cc3ccccc23)cn1. The summed E-state index contributed by atoms with van der Waals surface area (Å²) in [4.78, 5) is 0. The third-order valence-electron chi connectivity index (χ3n) is 3.57. The molecule has 0 aliphatic heterocycles. The topological polar surface area (TPSA) is 72.2 Å². The Morgan fingerprint density at radius 3 is 2.64 bits per heavy atom. The van der Waals surface area contributed by atoms with E-state index in [2.05, 4.69) is 5.10 Å². The molecule has 0 saturated heterocycles. The Kier molecular flexibility index (Phi) is 3.41. The van der Waals surface area contributed by atoms with Gasteiger partial charge in [0.15, 0.2) is 0 Å². The Bertz CT molecular complexity index is 943. The molecule has 0 saturated carbocycles. The van der Waals surface area contributed by atoms with Crippen LogP contribution in [0.25, 0.3) is 21.9 Å². The van der Waals surface area contributed by atoms with Crippen molar-refractivity contribution in [2.45, 2.75) is 19.1 Å². The molecule has 0 bridgehead atoms. The number of hydrogen-bond donors (Lipinski definition) is 1. The molecule has 3 aromatic rings. The lowest BCUT2D eigenvalue weighted by Crippen LogP contribution is -2.22. The summed E-state index contributed by atoms with van der Waals surface area (Å²) in [6, 6.07) is 10.9. The van der Waals surface area contributed by atoms with Crippen molar-refractivity contribution in [3.63, 3.8) is 0 Å². The molecule has 1 N–H and O–H groups in total. The summed E-state index contributed by atoms with van der Waals surface area (Å²) in [6.45, 7) is 3.22. The molecule has 0 aliphatic rings. The molecule has 0 spiro atoms. The molecule has 114 valence electrons. The van der Waals surface area contributed by atoms with Crippen LogP contribution in [0.5, 0.6) is 5.75 Å². The van der Waals surface area contributed by atoms with Crippen LogP contribution in [-0.4, -0.2) is 28.0 Å². The van der Waals surface area contributed by atoms with Crippen LogP contribution in [0.3, 0.4) is 0 Å². The van der Waals surface area contributed by atoms with E-state index in [9.17, 15) is 13.5 Å². The first-order valence-corrected chi connectivity index (χ1v) is 8.41. The van der Waals surface area contributed by atoms with Crippen LogP contribution in [0.4, 0.5) is 0 Å². The minimum atomic E-state index is -3.48. The van der Waals surface area contributed by atoms with Gasteiger partial charge in [-0.3, -0.25) is 0 Å². The van der Waals surface area contributed by atoms with Gasteiger partial charge in [0.2, 0.25) is 0 Å². The highest BCUT2D eigenvalue weighted by Crippen LogP contribution is 2.32. The zero-order chi connectivity index (χ0) is 15.9. The second-order valence-electron chi connectivity index (χ2n) is 5.41. The number of rotatable bonds is 3. The zero-order valence-corrected chi connectivity index (χ0v) is 13.1. The van der Waals surface area contributed by atoms with Crippen molar-refractivity contribution in [2.24, 2.45) is 0 Å². The standard InChI is InChI=1S/C16H16N2O3S/c1-11(2)22(20,21)18-10-13(9-17-18)16-8-14(19)7-12-5-3-4-6-15(12)16/h3-11,19H,1-2H3. The molecule has 22 heavy (non-hydrogen) atoms. The molecule has 1 aromatic heterocycles. The summed E-state index contributed by atoms with van der Waals surface area (Å²) >= 11 is 0. The average Bonchev–Trinajstić information content (AvgIpc) is 2.96. The quantitative estimate of drug-likeness (QED) is 0.806. The normalized spacial score (nSPS) is 12.1. The van der Waals surface area contributed by atoms with Crippen molar-refractivity contribution < 1.29 is 13.5 Å². The molecular formula is C16H16N2O3S. The number of phenolic OH excluding ortho intramolecular Hbond substituents is 1. The van der Waals surface area contributed by atoms with Crippen molar-refractivity contribution in [1.29, 1.82) is 0 Å². The molecule has 3 rings (SSSR count). The van der Waals surface area contributed by atoms with E-state index in [1.807, 2.05) is 24.3 Å². The lowest BCUT2D eigenvalue weighted by Gasteiger charge is -2.07. The molecule has 0 aliphatic carbocycles. The fourth-order valence-electron chi connectivity index (χ4n) is 2.33. The van der Waals surface area contributed by atoms with Crippen LogP contribution < -0.4 is 0 Å². The van der Waals surface area contributed by atoms with Crippen molar-refractivity contribution in [2.75, 3.05) is 0 Å². The largest absolute Gasteiger partial charge is 0.508 e. The Hall–Kier alpha value is -2.34. The van der Waals surface area contributed by atoms with Crippen molar-refractivity contribution in [3.05, 3.63) is 48.8 Å². The summed E-state index contributed by atoms with van der Waals surface area (Å²) in [5, 5.41) is 15.1. The summed E-state index contributed by atoms with van der Waals surface area (Å²) in [6.07, 6.45) is 2.98. The highest BCUT2D eigenvalue weighted by molar-refractivity contribution is 7.90. The Morgan fingerprint density at radius 2 is 1.91 bits per heavy atom. The van der Waals surface area contributed by atoms with E-state index in [1.165, 1.54) is 12.4 Å². The maximum Gasteiger partial charge on any atom is 0.256 e. The fraction of sp³-hybridized carbons (Fsp3) is 0.188. The highest BCUT2D eigenvalue weighted by atomic mass is 32.2. The predicted octanol–water partition coefficient (Wildman–Crippen LogP) is 3.00. The maximum absolute atomic E-state index is 12.2. The number of fused-ring (bicyclic) bond motifs is 1. The number of benzene rings is 2. The Balaban J connectivity index is 2.20. The van der Waals surface area contributed by atoms with Crippen LogP contribution in [0, 0.1) is 0 Å². The Labute approximate surface area is 128 Å². The monoisotopic (exact) mass is 316 g/mol. The second-order valence-corrected chi connectivity index (χ2v) is 7.76. The van der Waals surface area contributed by atoms with E-state index in [4.69, 9.17) is 0 Å². The van der Waals surface area contributed by atoms with E-state index >= 15 is 0 Å². The van der Waals surface area contributed by atoms with Gasteiger partial charge in [-0.25, -0.2) is 8.42 Å². The molecule has 0 amide bonds. The van der Waals surface area contributed by atoms with Gasteiger partial charge in [0, 0.05) is 5.56 Å². The van der Waals surface area contributed by atoms with E-state index in [1.54, 1.807) is 26.0 Å². The average molecular weight is 316 g/mol. The van der Waals surface area contributed by atoms with Gasteiger partial charge < -0.3 is 5.11 Å². The molecular weight excluding hydrogens is 300 g/mol. The van der Waals surface area contributed by atoms with E-state index in [-0.39, 0.29) is 5.75 Å². The minimum absolute atomic E-state index is 0.133. The first-order chi connectivity index (χ1) is 10.4. The van der Waals surface area contributed by atoms with Crippen LogP contribution in [0.2, 0.25) is 0 Å². The zero-order valence-electron chi connectivity index (χ0n) is 12.3. The van der Waals surface area contributed by atoms with Crippen LogP contribution in [-0.2, 0) is 10.0 Å². The van der Waals surface area contributed by atoms with Crippen molar-refractivity contribution in [1.82, 2.24) is 9.19 Å². The summed E-state index contributed by atoms with van der Waals surface area (Å²) in [5.74, 6) is 0.133. The van der Waals surface area contributed by atoms with Gasteiger partial charge in [-0.05, 0) is 42.3 Å². The molecule has 0 atom stereocenters. The highest BCUT2D eigenvalue weighted by Gasteiger charge is 2.20. The van der Waals surface area contributed by atoms with Crippen molar-refractivity contribution >= 4 is 20.8 Å². The molecule has 0 fully saturated rings. The Morgan fingerprint density at radius 1 is 1.18 bits per heavy atom. The predicted molar refractivity (Wildman–Crippen MR) is 86.3 cm³/mol. The van der Waals surface area contributed by atoms with Crippen LogP contribution in [0.15, 0.2) is 48.8 Å². The number of phenols is 1. The number of aromatic hydroxyl groups is 1. The number of aromatic nitrogens is 2. The van der Waals surface area contributed by atoms with Crippen molar-refractivity contribution in [3.8, 4) is 16.9 Å². The third-order valence-corrected chi connectivity index (χ3v) is 5.49. The fourth-order valence-corrected chi connectivity index (χ4v) is 3.20. The van der Waals surface area contributed by atoms with Gasteiger partial charge in [0.1, 0.15) is 5.75 Å². The summed E-state index contributed by atoms with van der Waals surface area (Å²) < 4.78 is 25.3. The lowest BCUT2D eigenvalue weighted by molar-refractivity contribution is 0.476.